The van der Waals surface area contributed by atoms with Crippen LogP contribution in [0.15, 0.2) is 36.4 Å². The smallest absolute Gasteiger partial charge is 0.279 e. The predicted molar refractivity (Wildman–Crippen MR) is 104 cm³/mol. The van der Waals surface area contributed by atoms with Crippen molar-refractivity contribution < 1.29 is 9.69 Å². The summed E-state index contributed by atoms with van der Waals surface area (Å²) in [5.74, 6) is -0.119. The van der Waals surface area contributed by atoms with Crippen LogP contribution in [0.5, 0.6) is 0 Å². The minimum Gasteiger partial charge on any atom is -0.323 e. The molecule has 0 saturated carbocycles. The standard InChI is InChI=1S/C19H19Cl3N2O/c1-24(17-8-4-6-12-5-2-3-7-14(12)17)11-18(25)23-19-15(21)9-13(20)10-16(19)22/h2-3,5,7,9-10,17H,4,6,8,11H2,1H3,(H,23,25)/p+1/t17-/m1/s1. The molecule has 0 spiro atoms. The van der Waals surface area contributed by atoms with Crippen molar-refractivity contribution in [1.82, 2.24) is 0 Å². The first kappa shape index (κ1) is 18.5. The summed E-state index contributed by atoms with van der Waals surface area (Å²) in [4.78, 5) is 13.6. The van der Waals surface area contributed by atoms with Gasteiger partial charge in [0.25, 0.3) is 5.91 Å². The molecule has 2 atom stereocenters. The Kier molecular flexibility index (Phi) is 5.90. The van der Waals surface area contributed by atoms with Gasteiger partial charge in [-0.1, -0.05) is 59.1 Å². The maximum absolute atomic E-state index is 12.5. The van der Waals surface area contributed by atoms with Crippen LogP contribution in [0.4, 0.5) is 5.69 Å². The molecule has 3 nitrogen and oxygen atoms in total. The topological polar surface area (TPSA) is 33.5 Å². The Balaban J connectivity index is 1.70. The van der Waals surface area contributed by atoms with E-state index in [1.54, 1.807) is 12.1 Å². The molecular formula is C19H20Cl3N2O+. The lowest BCUT2D eigenvalue weighted by Crippen LogP contribution is -3.10. The lowest BCUT2D eigenvalue weighted by atomic mass is 9.87. The molecule has 3 rings (SSSR count). The highest BCUT2D eigenvalue weighted by Gasteiger charge is 2.28. The maximum atomic E-state index is 12.5. The van der Waals surface area contributed by atoms with Crippen LogP contribution in [0.1, 0.15) is 30.0 Å². The molecule has 2 N–H and O–H groups in total. The van der Waals surface area contributed by atoms with E-state index >= 15 is 0 Å². The van der Waals surface area contributed by atoms with Gasteiger partial charge in [-0.3, -0.25) is 4.79 Å². The lowest BCUT2D eigenvalue weighted by Gasteiger charge is -2.30. The van der Waals surface area contributed by atoms with E-state index in [0.717, 1.165) is 24.2 Å². The van der Waals surface area contributed by atoms with Crippen molar-refractivity contribution in [2.45, 2.75) is 25.3 Å². The third-order valence-electron chi connectivity index (χ3n) is 4.67. The fraction of sp³-hybridized carbons (Fsp3) is 0.316. The zero-order valence-electron chi connectivity index (χ0n) is 13.9. The first-order chi connectivity index (χ1) is 12.0. The Labute approximate surface area is 162 Å². The number of quaternary nitrogens is 1. The van der Waals surface area contributed by atoms with Gasteiger partial charge < -0.3 is 10.2 Å². The molecule has 0 aliphatic heterocycles. The van der Waals surface area contributed by atoms with E-state index in [1.165, 1.54) is 11.1 Å². The molecule has 0 fully saturated rings. The van der Waals surface area contributed by atoms with Crippen LogP contribution < -0.4 is 10.2 Å². The number of carbonyl (C=O) groups excluding carboxylic acids is 1. The molecule has 132 valence electrons. The van der Waals surface area contributed by atoms with Gasteiger partial charge >= 0.3 is 0 Å². The van der Waals surface area contributed by atoms with E-state index in [1.807, 2.05) is 0 Å². The van der Waals surface area contributed by atoms with E-state index in [9.17, 15) is 4.79 Å². The highest BCUT2D eigenvalue weighted by atomic mass is 35.5. The van der Waals surface area contributed by atoms with E-state index < -0.39 is 0 Å². The molecule has 1 unspecified atom stereocenters. The fourth-order valence-corrected chi connectivity index (χ4v) is 4.40. The number of amides is 1. The molecule has 0 saturated heterocycles. The molecule has 2 aromatic rings. The van der Waals surface area contributed by atoms with Crippen LogP contribution in [0.2, 0.25) is 15.1 Å². The first-order valence-electron chi connectivity index (χ1n) is 8.30. The Morgan fingerprint density at radius 1 is 1.20 bits per heavy atom. The summed E-state index contributed by atoms with van der Waals surface area (Å²) in [6, 6.07) is 12.0. The fourth-order valence-electron chi connectivity index (χ4n) is 3.49. The second-order valence-corrected chi connectivity index (χ2v) is 7.71. The number of carbonyl (C=O) groups is 1. The number of halogens is 3. The SMILES string of the molecule is C[NH+](CC(=O)Nc1c(Cl)cc(Cl)cc1Cl)[C@@H]1CCCc2ccccc21. The van der Waals surface area contributed by atoms with Crippen molar-refractivity contribution in [3.8, 4) is 0 Å². The van der Waals surface area contributed by atoms with Gasteiger partial charge in [0.05, 0.1) is 22.8 Å². The molecule has 0 radical (unpaired) electrons. The van der Waals surface area contributed by atoms with E-state index in [0.29, 0.717) is 33.3 Å². The lowest BCUT2D eigenvalue weighted by molar-refractivity contribution is -0.905. The van der Waals surface area contributed by atoms with Gasteiger partial charge in [-0.05, 0) is 30.5 Å². The summed E-state index contributed by atoms with van der Waals surface area (Å²) in [6.07, 6.45) is 3.34. The van der Waals surface area contributed by atoms with Gasteiger partial charge in [-0.15, -0.1) is 0 Å². The summed E-state index contributed by atoms with van der Waals surface area (Å²) in [7, 11) is 2.05. The third-order valence-corrected chi connectivity index (χ3v) is 5.49. The average Bonchev–Trinajstić information content (AvgIpc) is 2.57. The van der Waals surface area contributed by atoms with Crippen molar-refractivity contribution in [1.29, 1.82) is 0 Å². The number of likely N-dealkylation sites (N-methyl/N-ethyl adjacent to an activating group) is 1. The van der Waals surface area contributed by atoms with Crippen LogP contribution in [0.3, 0.4) is 0 Å². The van der Waals surface area contributed by atoms with Gasteiger partial charge in [0.15, 0.2) is 6.54 Å². The normalized spacial score (nSPS) is 17.7. The third kappa shape index (κ3) is 4.29. The van der Waals surface area contributed by atoms with Crippen molar-refractivity contribution in [2.75, 3.05) is 18.9 Å². The number of benzene rings is 2. The monoisotopic (exact) mass is 397 g/mol. The second kappa shape index (κ2) is 7.96. The van der Waals surface area contributed by atoms with Crippen LogP contribution in [-0.4, -0.2) is 19.5 Å². The van der Waals surface area contributed by atoms with Gasteiger partial charge in [0.2, 0.25) is 0 Å². The maximum Gasteiger partial charge on any atom is 0.279 e. The molecule has 6 heteroatoms. The van der Waals surface area contributed by atoms with E-state index in [4.69, 9.17) is 34.8 Å². The molecule has 2 aromatic carbocycles. The minimum absolute atomic E-state index is 0.119. The van der Waals surface area contributed by atoms with Gasteiger partial charge in [-0.2, -0.15) is 0 Å². The molecule has 1 aliphatic carbocycles. The van der Waals surface area contributed by atoms with Crippen LogP contribution in [0.25, 0.3) is 0 Å². The van der Waals surface area contributed by atoms with E-state index in [2.05, 4.69) is 36.6 Å². The number of rotatable bonds is 4. The number of aryl methyl sites for hydroxylation is 1. The summed E-state index contributed by atoms with van der Waals surface area (Å²) in [5, 5.41) is 3.94. The molecular weight excluding hydrogens is 379 g/mol. The molecule has 0 aromatic heterocycles. The largest absolute Gasteiger partial charge is 0.323 e. The van der Waals surface area contributed by atoms with Crippen molar-refractivity contribution >= 4 is 46.4 Å². The number of hydrogen-bond donors (Lipinski definition) is 2. The molecule has 0 bridgehead atoms. The van der Waals surface area contributed by atoms with Crippen molar-refractivity contribution in [3.05, 3.63) is 62.6 Å². The van der Waals surface area contributed by atoms with Crippen LogP contribution >= 0.6 is 34.8 Å². The van der Waals surface area contributed by atoms with E-state index in [-0.39, 0.29) is 5.91 Å². The van der Waals surface area contributed by atoms with Crippen molar-refractivity contribution in [2.24, 2.45) is 0 Å². The zero-order chi connectivity index (χ0) is 18.0. The first-order valence-corrected chi connectivity index (χ1v) is 9.43. The summed E-state index contributed by atoms with van der Waals surface area (Å²) in [5.41, 5.74) is 3.15. The Hall–Kier alpha value is -1.26. The highest BCUT2D eigenvalue weighted by Crippen LogP contribution is 2.33. The molecule has 1 aliphatic rings. The summed E-state index contributed by atoms with van der Waals surface area (Å²) >= 11 is 18.2. The molecule has 0 heterocycles. The summed E-state index contributed by atoms with van der Waals surface area (Å²) < 4.78 is 0. The minimum atomic E-state index is -0.119. The van der Waals surface area contributed by atoms with Crippen LogP contribution in [0, 0.1) is 0 Å². The quantitative estimate of drug-likeness (QED) is 0.796. The van der Waals surface area contributed by atoms with Gasteiger partial charge in [0, 0.05) is 17.0 Å². The Morgan fingerprint density at radius 3 is 2.60 bits per heavy atom. The Morgan fingerprint density at radius 2 is 1.88 bits per heavy atom. The highest BCUT2D eigenvalue weighted by molar-refractivity contribution is 6.42. The average molecular weight is 399 g/mol. The number of nitrogens with one attached hydrogen (secondary N) is 2. The zero-order valence-corrected chi connectivity index (χ0v) is 16.2. The number of hydrogen-bond acceptors (Lipinski definition) is 1. The Bertz CT molecular complexity index is 771. The van der Waals surface area contributed by atoms with Crippen molar-refractivity contribution in [3.63, 3.8) is 0 Å². The molecule has 1 amide bonds. The predicted octanol–water partition coefficient (Wildman–Crippen LogP) is 4.18. The number of anilines is 1. The second-order valence-electron chi connectivity index (χ2n) is 6.46. The molecule has 25 heavy (non-hydrogen) atoms. The summed E-state index contributed by atoms with van der Waals surface area (Å²) in [6.45, 7) is 0.342. The van der Waals surface area contributed by atoms with Gasteiger partial charge in [0.1, 0.15) is 6.04 Å². The van der Waals surface area contributed by atoms with Gasteiger partial charge in [-0.25, -0.2) is 0 Å². The number of fused-ring (bicyclic) bond motifs is 1. The van der Waals surface area contributed by atoms with Crippen LogP contribution in [-0.2, 0) is 11.2 Å².